The second-order valence-corrected chi connectivity index (χ2v) is 3.11. The second-order valence-electron chi connectivity index (χ2n) is 3.11. The van der Waals surface area contributed by atoms with Gasteiger partial charge in [0.2, 0.25) is 0 Å². The molecule has 76 valence electrons. The lowest BCUT2D eigenvalue weighted by Gasteiger charge is -2.06. The van der Waals surface area contributed by atoms with E-state index in [0.717, 1.165) is 11.4 Å². The summed E-state index contributed by atoms with van der Waals surface area (Å²) in [6.07, 6.45) is 1.73. The minimum Gasteiger partial charge on any atom is -0.497 e. The molecule has 15 heavy (non-hydrogen) atoms. The Hall–Kier alpha value is -2.03. The van der Waals surface area contributed by atoms with Crippen molar-refractivity contribution < 1.29 is 4.74 Å². The Morgan fingerprint density at radius 2 is 2.00 bits per heavy atom. The smallest absolute Gasteiger partial charge is 0.255 e. The van der Waals surface area contributed by atoms with Gasteiger partial charge in [-0.25, -0.2) is 0 Å². The second kappa shape index (κ2) is 4.00. The van der Waals surface area contributed by atoms with Gasteiger partial charge in [-0.3, -0.25) is 9.36 Å². The number of hydrogen-bond donors (Lipinski definition) is 0. The van der Waals surface area contributed by atoms with Crippen LogP contribution in [0, 0.1) is 0 Å². The van der Waals surface area contributed by atoms with Crippen LogP contribution in [0.1, 0.15) is 0 Å². The first-order valence-electron chi connectivity index (χ1n) is 4.63. The van der Waals surface area contributed by atoms with Gasteiger partial charge in [-0.15, -0.1) is 0 Å². The molecule has 1 aromatic heterocycles. The summed E-state index contributed by atoms with van der Waals surface area (Å²) in [5.41, 5.74) is 0.755. The average molecular weight is 201 g/mol. The highest BCUT2D eigenvalue weighted by Gasteiger charge is 1.99. The molecule has 3 nitrogen and oxygen atoms in total. The molecule has 0 saturated heterocycles. The zero-order chi connectivity index (χ0) is 10.7. The molecule has 0 fully saturated rings. The van der Waals surface area contributed by atoms with Gasteiger partial charge in [0.25, 0.3) is 5.56 Å². The first-order valence-corrected chi connectivity index (χ1v) is 4.63. The largest absolute Gasteiger partial charge is 0.497 e. The SMILES string of the molecule is COc1cccc(-n2ccccc2=O)c1. The Labute approximate surface area is 87.6 Å². The van der Waals surface area contributed by atoms with Crippen LogP contribution < -0.4 is 10.3 Å². The van der Waals surface area contributed by atoms with Crippen LogP contribution in [0.2, 0.25) is 0 Å². The number of aromatic nitrogens is 1. The summed E-state index contributed by atoms with van der Waals surface area (Å²) < 4.78 is 6.67. The van der Waals surface area contributed by atoms with Crippen LogP contribution in [0.4, 0.5) is 0 Å². The minimum absolute atomic E-state index is 0.0502. The molecule has 0 bridgehead atoms. The maximum Gasteiger partial charge on any atom is 0.255 e. The number of benzene rings is 1. The van der Waals surface area contributed by atoms with Crippen molar-refractivity contribution in [3.63, 3.8) is 0 Å². The molecule has 2 rings (SSSR count). The van der Waals surface area contributed by atoms with Gasteiger partial charge < -0.3 is 4.74 Å². The van der Waals surface area contributed by atoms with E-state index in [1.54, 1.807) is 23.9 Å². The molecule has 1 heterocycles. The fourth-order valence-electron chi connectivity index (χ4n) is 1.40. The van der Waals surface area contributed by atoms with E-state index in [1.807, 2.05) is 30.3 Å². The Bertz CT molecular complexity index is 517. The first kappa shape index (κ1) is 9.52. The normalized spacial score (nSPS) is 9.93. The number of pyridine rings is 1. The summed E-state index contributed by atoms with van der Waals surface area (Å²) >= 11 is 0. The highest BCUT2D eigenvalue weighted by atomic mass is 16.5. The lowest BCUT2D eigenvalue weighted by atomic mass is 10.3. The number of hydrogen-bond acceptors (Lipinski definition) is 2. The summed E-state index contributed by atoms with van der Waals surface area (Å²) in [6, 6.07) is 12.5. The summed E-state index contributed by atoms with van der Waals surface area (Å²) in [6.45, 7) is 0. The van der Waals surface area contributed by atoms with E-state index >= 15 is 0 Å². The van der Waals surface area contributed by atoms with Crippen LogP contribution in [-0.4, -0.2) is 11.7 Å². The molecule has 0 N–H and O–H groups in total. The molecule has 0 radical (unpaired) electrons. The molecule has 0 aliphatic carbocycles. The van der Waals surface area contributed by atoms with E-state index in [-0.39, 0.29) is 5.56 Å². The molecule has 0 aliphatic heterocycles. The molecule has 0 aliphatic rings. The summed E-state index contributed by atoms with van der Waals surface area (Å²) in [5, 5.41) is 0. The fourth-order valence-corrected chi connectivity index (χ4v) is 1.40. The van der Waals surface area contributed by atoms with Gasteiger partial charge in [0.15, 0.2) is 0 Å². The Morgan fingerprint density at radius 1 is 1.13 bits per heavy atom. The van der Waals surface area contributed by atoms with Crippen LogP contribution in [0.5, 0.6) is 5.75 Å². The molecule has 3 heteroatoms. The van der Waals surface area contributed by atoms with Crippen molar-refractivity contribution in [3.8, 4) is 11.4 Å². The molecule has 0 amide bonds. The first-order chi connectivity index (χ1) is 7.31. The molecule has 0 saturated carbocycles. The van der Waals surface area contributed by atoms with Gasteiger partial charge in [0, 0.05) is 18.3 Å². The van der Waals surface area contributed by atoms with Crippen molar-refractivity contribution in [2.45, 2.75) is 0 Å². The predicted octanol–water partition coefficient (Wildman–Crippen LogP) is 1.85. The number of methoxy groups -OCH3 is 1. The third-order valence-corrected chi connectivity index (χ3v) is 2.15. The quantitative estimate of drug-likeness (QED) is 0.742. The van der Waals surface area contributed by atoms with E-state index in [1.165, 1.54) is 6.07 Å². The third kappa shape index (κ3) is 1.91. The highest BCUT2D eigenvalue weighted by Crippen LogP contribution is 2.14. The number of ether oxygens (including phenoxy) is 1. The molecular formula is C12H11NO2. The monoisotopic (exact) mass is 201 g/mol. The van der Waals surface area contributed by atoms with Crippen molar-refractivity contribution in [2.75, 3.05) is 7.11 Å². The van der Waals surface area contributed by atoms with Crippen LogP contribution in [-0.2, 0) is 0 Å². The molecule has 2 aromatic rings. The van der Waals surface area contributed by atoms with Crippen LogP contribution >= 0.6 is 0 Å². The van der Waals surface area contributed by atoms with Crippen LogP contribution in [0.15, 0.2) is 53.5 Å². The van der Waals surface area contributed by atoms with Crippen molar-refractivity contribution in [3.05, 3.63) is 59.0 Å². The van der Waals surface area contributed by atoms with Gasteiger partial charge in [0.05, 0.1) is 12.8 Å². The maximum absolute atomic E-state index is 11.5. The van der Waals surface area contributed by atoms with E-state index in [2.05, 4.69) is 0 Å². The Morgan fingerprint density at radius 3 is 2.73 bits per heavy atom. The number of nitrogens with zero attached hydrogens (tertiary/aromatic N) is 1. The number of rotatable bonds is 2. The molecular weight excluding hydrogens is 190 g/mol. The average Bonchev–Trinajstić information content (AvgIpc) is 2.30. The van der Waals surface area contributed by atoms with E-state index in [9.17, 15) is 4.79 Å². The van der Waals surface area contributed by atoms with Crippen LogP contribution in [0.3, 0.4) is 0 Å². The standard InChI is InChI=1S/C12H11NO2/c1-15-11-6-4-5-10(9-11)13-8-3-2-7-12(13)14/h2-9H,1H3. The molecule has 0 spiro atoms. The van der Waals surface area contributed by atoms with Gasteiger partial charge in [-0.1, -0.05) is 12.1 Å². The zero-order valence-corrected chi connectivity index (χ0v) is 8.38. The summed E-state index contributed by atoms with van der Waals surface area (Å²) in [4.78, 5) is 11.5. The minimum atomic E-state index is -0.0502. The van der Waals surface area contributed by atoms with Crippen molar-refractivity contribution in [1.82, 2.24) is 4.57 Å². The van der Waals surface area contributed by atoms with Crippen molar-refractivity contribution in [1.29, 1.82) is 0 Å². The Kier molecular flexibility index (Phi) is 2.54. The van der Waals surface area contributed by atoms with Gasteiger partial charge in [-0.2, -0.15) is 0 Å². The lowest BCUT2D eigenvalue weighted by Crippen LogP contribution is -2.15. The van der Waals surface area contributed by atoms with Crippen LogP contribution in [0.25, 0.3) is 5.69 Å². The third-order valence-electron chi connectivity index (χ3n) is 2.15. The van der Waals surface area contributed by atoms with Gasteiger partial charge in [-0.05, 0) is 18.2 Å². The van der Waals surface area contributed by atoms with Crippen molar-refractivity contribution in [2.24, 2.45) is 0 Å². The predicted molar refractivity (Wildman–Crippen MR) is 58.6 cm³/mol. The lowest BCUT2D eigenvalue weighted by molar-refractivity contribution is 0.414. The van der Waals surface area contributed by atoms with E-state index in [4.69, 9.17) is 4.74 Å². The summed E-state index contributed by atoms with van der Waals surface area (Å²) in [5.74, 6) is 0.739. The van der Waals surface area contributed by atoms with E-state index in [0.29, 0.717) is 0 Å². The molecule has 1 aromatic carbocycles. The van der Waals surface area contributed by atoms with Gasteiger partial charge in [0.1, 0.15) is 5.75 Å². The zero-order valence-electron chi connectivity index (χ0n) is 8.38. The maximum atomic E-state index is 11.5. The van der Waals surface area contributed by atoms with Crippen molar-refractivity contribution >= 4 is 0 Å². The topological polar surface area (TPSA) is 31.2 Å². The van der Waals surface area contributed by atoms with Gasteiger partial charge >= 0.3 is 0 Å². The molecule has 0 atom stereocenters. The Balaban J connectivity index is 2.54. The van der Waals surface area contributed by atoms with E-state index < -0.39 is 0 Å². The fraction of sp³-hybridized carbons (Fsp3) is 0.0833. The summed E-state index contributed by atoms with van der Waals surface area (Å²) in [7, 11) is 1.60. The highest BCUT2D eigenvalue weighted by molar-refractivity contribution is 5.39. The molecule has 0 unspecified atom stereocenters.